The molecular weight excluding hydrogens is 276 g/mol. The van der Waals surface area contributed by atoms with E-state index in [4.69, 9.17) is 5.11 Å². The van der Waals surface area contributed by atoms with Crippen molar-refractivity contribution < 1.29 is 9.90 Å². The molecular formula is C18H32N2O2. The molecule has 0 aromatic rings. The molecule has 4 heteroatoms. The number of carboxylic acid groups (broad SMARTS) is 1. The molecule has 1 aliphatic heterocycles. The number of nitrogens with one attached hydrogen (secondary N) is 1. The Morgan fingerprint density at radius 2 is 1.68 bits per heavy atom. The molecule has 4 nitrogen and oxygen atoms in total. The van der Waals surface area contributed by atoms with E-state index < -0.39 is 5.97 Å². The van der Waals surface area contributed by atoms with E-state index in [-0.39, 0.29) is 5.92 Å². The maximum absolute atomic E-state index is 11.0. The molecule has 3 fully saturated rings. The van der Waals surface area contributed by atoms with Gasteiger partial charge in [-0.1, -0.05) is 19.3 Å². The third-order valence-electron chi connectivity index (χ3n) is 6.18. The second kappa shape index (κ2) is 7.78. The topological polar surface area (TPSA) is 52.6 Å². The van der Waals surface area contributed by atoms with E-state index in [9.17, 15) is 4.79 Å². The summed E-state index contributed by atoms with van der Waals surface area (Å²) in [6.07, 6.45) is 13.5. The summed E-state index contributed by atoms with van der Waals surface area (Å²) in [7, 11) is 0. The SMILES string of the molecule is O=C(O)C1CCC(NCC2CCCN2C2CCCCC2)CC1. The summed E-state index contributed by atoms with van der Waals surface area (Å²) in [5, 5.41) is 12.8. The summed E-state index contributed by atoms with van der Waals surface area (Å²) >= 11 is 0. The normalized spacial score (nSPS) is 34.8. The van der Waals surface area contributed by atoms with Gasteiger partial charge in [-0.2, -0.15) is 0 Å². The van der Waals surface area contributed by atoms with E-state index in [1.54, 1.807) is 0 Å². The van der Waals surface area contributed by atoms with E-state index in [1.807, 2.05) is 0 Å². The van der Waals surface area contributed by atoms with E-state index in [0.717, 1.165) is 44.3 Å². The van der Waals surface area contributed by atoms with Crippen LogP contribution < -0.4 is 5.32 Å². The van der Waals surface area contributed by atoms with Gasteiger partial charge in [0.25, 0.3) is 0 Å². The molecule has 0 bridgehead atoms. The molecule has 0 spiro atoms. The Bertz CT molecular complexity index is 360. The van der Waals surface area contributed by atoms with Crippen LogP contribution in [0.3, 0.4) is 0 Å². The van der Waals surface area contributed by atoms with Crippen LogP contribution in [0.5, 0.6) is 0 Å². The summed E-state index contributed by atoms with van der Waals surface area (Å²) in [6.45, 7) is 2.40. The van der Waals surface area contributed by atoms with Crippen molar-refractivity contribution in [3.8, 4) is 0 Å². The zero-order valence-electron chi connectivity index (χ0n) is 13.8. The molecule has 2 N–H and O–H groups in total. The first-order valence-electron chi connectivity index (χ1n) is 9.46. The molecule has 22 heavy (non-hydrogen) atoms. The largest absolute Gasteiger partial charge is 0.481 e. The lowest BCUT2D eigenvalue weighted by atomic mass is 9.86. The molecule has 126 valence electrons. The molecule has 0 aromatic carbocycles. The molecule has 0 aromatic heterocycles. The quantitative estimate of drug-likeness (QED) is 0.820. The number of carboxylic acids is 1. The van der Waals surface area contributed by atoms with Gasteiger partial charge in [0.1, 0.15) is 0 Å². The highest BCUT2D eigenvalue weighted by Gasteiger charge is 2.32. The van der Waals surface area contributed by atoms with Crippen LogP contribution >= 0.6 is 0 Å². The van der Waals surface area contributed by atoms with Crippen molar-refractivity contribution in [2.75, 3.05) is 13.1 Å². The van der Waals surface area contributed by atoms with Gasteiger partial charge in [-0.3, -0.25) is 9.69 Å². The Labute approximate surface area is 134 Å². The van der Waals surface area contributed by atoms with Gasteiger partial charge in [-0.15, -0.1) is 0 Å². The Hall–Kier alpha value is -0.610. The molecule has 0 radical (unpaired) electrons. The average Bonchev–Trinajstić information content (AvgIpc) is 3.02. The van der Waals surface area contributed by atoms with Crippen LogP contribution in [0.2, 0.25) is 0 Å². The fraction of sp³-hybridized carbons (Fsp3) is 0.944. The van der Waals surface area contributed by atoms with Gasteiger partial charge in [0.05, 0.1) is 5.92 Å². The summed E-state index contributed by atoms with van der Waals surface area (Å²) in [5.74, 6) is -0.694. The predicted molar refractivity (Wildman–Crippen MR) is 88.0 cm³/mol. The van der Waals surface area contributed by atoms with Crippen LogP contribution in [0.25, 0.3) is 0 Å². The molecule has 1 heterocycles. The average molecular weight is 308 g/mol. The van der Waals surface area contributed by atoms with Crippen molar-refractivity contribution in [2.24, 2.45) is 5.92 Å². The van der Waals surface area contributed by atoms with Crippen molar-refractivity contribution in [1.29, 1.82) is 0 Å². The van der Waals surface area contributed by atoms with Crippen LogP contribution in [0, 0.1) is 5.92 Å². The molecule has 2 aliphatic carbocycles. The smallest absolute Gasteiger partial charge is 0.306 e. The van der Waals surface area contributed by atoms with Gasteiger partial charge < -0.3 is 10.4 Å². The van der Waals surface area contributed by atoms with Crippen molar-refractivity contribution in [3.63, 3.8) is 0 Å². The maximum atomic E-state index is 11.0. The number of carbonyl (C=O) groups is 1. The minimum absolute atomic E-state index is 0.0942. The number of hydrogen-bond acceptors (Lipinski definition) is 3. The fourth-order valence-electron chi connectivity index (χ4n) is 4.82. The molecule has 1 atom stereocenters. The predicted octanol–water partition coefficient (Wildman–Crippen LogP) is 3.02. The summed E-state index contributed by atoms with van der Waals surface area (Å²) in [4.78, 5) is 13.8. The Balaban J connectivity index is 1.42. The lowest BCUT2D eigenvalue weighted by Gasteiger charge is -2.37. The fourth-order valence-corrected chi connectivity index (χ4v) is 4.82. The Morgan fingerprint density at radius 1 is 0.955 bits per heavy atom. The highest BCUT2D eigenvalue weighted by Crippen LogP contribution is 2.29. The van der Waals surface area contributed by atoms with Gasteiger partial charge in [0.2, 0.25) is 0 Å². The van der Waals surface area contributed by atoms with Crippen LogP contribution in [-0.4, -0.2) is 47.2 Å². The zero-order valence-corrected chi connectivity index (χ0v) is 13.8. The van der Waals surface area contributed by atoms with Gasteiger partial charge in [0.15, 0.2) is 0 Å². The molecule has 1 unspecified atom stereocenters. The first-order valence-corrected chi connectivity index (χ1v) is 9.46. The van der Waals surface area contributed by atoms with E-state index >= 15 is 0 Å². The lowest BCUT2D eigenvalue weighted by molar-refractivity contribution is -0.142. The maximum Gasteiger partial charge on any atom is 0.306 e. The van der Waals surface area contributed by atoms with Crippen molar-refractivity contribution in [2.45, 2.75) is 88.8 Å². The first-order chi connectivity index (χ1) is 10.7. The number of nitrogens with zero attached hydrogens (tertiary/aromatic N) is 1. The Kier molecular flexibility index (Phi) is 5.75. The lowest BCUT2D eigenvalue weighted by Crippen LogP contribution is -2.47. The minimum Gasteiger partial charge on any atom is -0.481 e. The second-order valence-corrected chi connectivity index (χ2v) is 7.62. The van der Waals surface area contributed by atoms with E-state index in [2.05, 4.69) is 10.2 Å². The van der Waals surface area contributed by atoms with Crippen LogP contribution in [-0.2, 0) is 4.79 Å². The van der Waals surface area contributed by atoms with Gasteiger partial charge in [0, 0.05) is 24.7 Å². The number of aliphatic carboxylic acids is 1. The zero-order chi connectivity index (χ0) is 15.4. The summed E-state index contributed by atoms with van der Waals surface area (Å²) in [5.41, 5.74) is 0. The molecule has 1 saturated heterocycles. The monoisotopic (exact) mass is 308 g/mol. The van der Waals surface area contributed by atoms with Crippen molar-refractivity contribution in [1.82, 2.24) is 10.2 Å². The third-order valence-corrected chi connectivity index (χ3v) is 6.18. The first kappa shape index (κ1) is 16.3. The van der Waals surface area contributed by atoms with Crippen LogP contribution in [0.1, 0.15) is 70.6 Å². The Morgan fingerprint density at radius 3 is 2.36 bits per heavy atom. The highest BCUT2D eigenvalue weighted by molar-refractivity contribution is 5.70. The molecule has 2 saturated carbocycles. The van der Waals surface area contributed by atoms with E-state index in [1.165, 1.54) is 51.5 Å². The summed E-state index contributed by atoms with van der Waals surface area (Å²) < 4.78 is 0. The van der Waals surface area contributed by atoms with Gasteiger partial charge in [-0.25, -0.2) is 0 Å². The summed E-state index contributed by atoms with van der Waals surface area (Å²) in [6, 6.07) is 2.11. The third kappa shape index (κ3) is 4.02. The van der Waals surface area contributed by atoms with E-state index in [0.29, 0.717) is 6.04 Å². The standard InChI is InChI=1S/C18H32N2O2/c21-18(22)14-8-10-15(11-9-14)19-13-17-7-4-12-20(17)16-5-2-1-3-6-16/h14-17,19H,1-13H2,(H,21,22). The van der Waals surface area contributed by atoms with Gasteiger partial charge >= 0.3 is 5.97 Å². The molecule has 3 aliphatic rings. The minimum atomic E-state index is -0.599. The number of likely N-dealkylation sites (tertiary alicyclic amines) is 1. The van der Waals surface area contributed by atoms with Crippen molar-refractivity contribution >= 4 is 5.97 Å². The number of hydrogen-bond donors (Lipinski definition) is 2. The van der Waals surface area contributed by atoms with Gasteiger partial charge in [-0.05, 0) is 57.9 Å². The molecule has 0 amide bonds. The van der Waals surface area contributed by atoms with Crippen molar-refractivity contribution in [3.05, 3.63) is 0 Å². The number of rotatable bonds is 5. The van der Waals surface area contributed by atoms with Crippen LogP contribution in [0.4, 0.5) is 0 Å². The van der Waals surface area contributed by atoms with Crippen LogP contribution in [0.15, 0.2) is 0 Å². The molecule has 3 rings (SSSR count). The second-order valence-electron chi connectivity index (χ2n) is 7.62. The highest BCUT2D eigenvalue weighted by atomic mass is 16.4.